The van der Waals surface area contributed by atoms with Gasteiger partial charge in [-0.3, -0.25) is 4.79 Å². The van der Waals surface area contributed by atoms with E-state index in [1.165, 1.54) is 0 Å². The smallest absolute Gasteiger partial charge is 0.308 e. The number of carbonyl (C=O) groups excluding carboxylic acids is 1. The number of ether oxygens (including phenoxy) is 1. The van der Waals surface area contributed by atoms with Crippen molar-refractivity contribution in [3.8, 4) is 0 Å². The molecule has 0 amide bonds. The summed E-state index contributed by atoms with van der Waals surface area (Å²) in [5.74, 6) is -0.0167. The molecule has 0 radical (unpaired) electrons. The van der Waals surface area contributed by atoms with E-state index in [4.69, 9.17) is 4.74 Å². The van der Waals surface area contributed by atoms with Crippen LogP contribution in [0.15, 0.2) is 12.2 Å². The van der Waals surface area contributed by atoms with Gasteiger partial charge in [0.25, 0.3) is 0 Å². The monoisotopic (exact) mass is 168 g/mol. The Bertz CT molecular complexity index is 208. The summed E-state index contributed by atoms with van der Waals surface area (Å²) < 4.78 is 5.07. The molecule has 1 aliphatic rings. The van der Waals surface area contributed by atoms with E-state index in [2.05, 4.69) is 13.0 Å². The van der Waals surface area contributed by atoms with Crippen LogP contribution < -0.4 is 0 Å². The third-order valence-corrected chi connectivity index (χ3v) is 2.29. The van der Waals surface area contributed by atoms with Crippen LogP contribution in [0.25, 0.3) is 0 Å². The average molecular weight is 168 g/mol. The van der Waals surface area contributed by atoms with E-state index in [9.17, 15) is 4.79 Å². The lowest BCUT2D eigenvalue weighted by Gasteiger charge is -2.33. The number of hydrogen-bond acceptors (Lipinski definition) is 2. The summed E-state index contributed by atoms with van der Waals surface area (Å²) >= 11 is 0. The standard InChI is InChI=1S/C10H16O2/c1-4-5-10(3)6-8(2)9(11)12-7-10/h4-5,8H,6-7H2,1-3H3/b5-4+. The van der Waals surface area contributed by atoms with E-state index < -0.39 is 0 Å². The second-order valence-electron chi connectivity index (χ2n) is 3.87. The van der Waals surface area contributed by atoms with Crippen LogP contribution in [-0.4, -0.2) is 12.6 Å². The normalized spacial score (nSPS) is 36.9. The zero-order valence-corrected chi connectivity index (χ0v) is 7.96. The molecule has 2 atom stereocenters. The summed E-state index contributed by atoms with van der Waals surface area (Å²) in [6.45, 7) is 6.56. The average Bonchev–Trinajstić information content (AvgIpc) is 1.98. The molecule has 2 nitrogen and oxygen atoms in total. The van der Waals surface area contributed by atoms with Gasteiger partial charge in [0, 0.05) is 5.41 Å². The number of rotatable bonds is 1. The molecule has 0 bridgehead atoms. The lowest BCUT2D eigenvalue weighted by Crippen LogP contribution is -2.35. The van der Waals surface area contributed by atoms with Gasteiger partial charge >= 0.3 is 5.97 Å². The lowest BCUT2D eigenvalue weighted by molar-refractivity contribution is -0.157. The predicted molar refractivity (Wildman–Crippen MR) is 47.7 cm³/mol. The van der Waals surface area contributed by atoms with Gasteiger partial charge in [0.15, 0.2) is 0 Å². The Morgan fingerprint density at radius 1 is 1.67 bits per heavy atom. The molecule has 2 heteroatoms. The highest BCUT2D eigenvalue weighted by molar-refractivity contribution is 5.73. The Balaban J connectivity index is 2.66. The Kier molecular flexibility index (Phi) is 2.55. The largest absolute Gasteiger partial charge is 0.465 e. The van der Waals surface area contributed by atoms with Crippen LogP contribution >= 0.6 is 0 Å². The Morgan fingerprint density at radius 3 is 2.83 bits per heavy atom. The molecule has 1 aliphatic heterocycles. The molecule has 1 rings (SSSR count). The zero-order valence-electron chi connectivity index (χ0n) is 7.96. The third kappa shape index (κ3) is 1.87. The Morgan fingerprint density at radius 2 is 2.33 bits per heavy atom. The predicted octanol–water partition coefficient (Wildman–Crippen LogP) is 2.15. The van der Waals surface area contributed by atoms with Gasteiger partial charge in [-0.05, 0) is 13.3 Å². The Hall–Kier alpha value is -0.790. The number of cyclic esters (lactones) is 1. The molecular formula is C10H16O2. The molecule has 0 aromatic heterocycles. The maximum Gasteiger partial charge on any atom is 0.308 e. The molecule has 1 saturated heterocycles. The molecule has 0 N–H and O–H groups in total. The topological polar surface area (TPSA) is 26.3 Å². The van der Waals surface area contributed by atoms with Gasteiger partial charge in [-0.15, -0.1) is 0 Å². The molecular weight excluding hydrogens is 152 g/mol. The lowest BCUT2D eigenvalue weighted by atomic mass is 9.80. The minimum absolute atomic E-state index is 0.0416. The van der Waals surface area contributed by atoms with Crippen LogP contribution in [0, 0.1) is 11.3 Å². The van der Waals surface area contributed by atoms with Gasteiger partial charge in [0.05, 0.1) is 5.92 Å². The molecule has 0 aromatic rings. The van der Waals surface area contributed by atoms with Gasteiger partial charge in [-0.1, -0.05) is 26.0 Å². The maximum absolute atomic E-state index is 11.0. The van der Waals surface area contributed by atoms with Crippen LogP contribution in [0.5, 0.6) is 0 Å². The highest BCUT2D eigenvalue weighted by atomic mass is 16.5. The molecule has 0 saturated carbocycles. The van der Waals surface area contributed by atoms with E-state index in [1.54, 1.807) is 0 Å². The maximum atomic E-state index is 11.0. The summed E-state index contributed by atoms with van der Waals surface area (Å²) in [5, 5.41) is 0. The van der Waals surface area contributed by atoms with Crippen molar-refractivity contribution in [2.45, 2.75) is 27.2 Å². The molecule has 0 aromatic carbocycles. The highest BCUT2D eigenvalue weighted by Crippen LogP contribution is 2.32. The van der Waals surface area contributed by atoms with Crippen molar-refractivity contribution in [2.24, 2.45) is 11.3 Å². The molecule has 0 spiro atoms. The molecule has 12 heavy (non-hydrogen) atoms. The molecule has 0 aliphatic carbocycles. The summed E-state index contributed by atoms with van der Waals surface area (Å²) in [5.41, 5.74) is 0.0576. The fourth-order valence-corrected chi connectivity index (χ4v) is 1.74. The first-order chi connectivity index (χ1) is 5.57. The van der Waals surface area contributed by atoms with Crippen LogP contribution in [0.1, 0.15) is 27.2 Å². The fraction of sp³-hybridized carbons (Fsp3) is 0.700. The second kappa shape index (κ2) is 3.30. The van der Waals surface area contributed by atoms with Crippen molar-refractivity contribution in [2.75, 3.05) is 6.61 Å². The van der Waals surface area contributed by atoms with Gasteiger partial charge in [0.1, 0.15) is 6.61 Å². The van der Waals surface area contributed by atoms with Crippen molar-refractivity contribution >= 4 is 5.97 Å². The van der Waals surface area contributed by atoms with Gasteiger partial charge in [0.2, 0.25) is 0 Å². The highest BCUT2D eigenvalue weighted by Gasteiger charge is 2.33. The van der Waals surface area contributed by atoms with Crippen LogP contribution in [0.2, 0.25) is 0 Å². The number of esters is 1. The minimum atomic E-state index is -0.0584. The summed E-state index contributed by atoms with van der Waals surface area (Å²) in [6, 6.07) is 0. The van der Waals surface area contributed by atoms with Crippen LogP contribution in [-0.2, 0) is 9.53 Å². The van der Waals surface area contributed by atoms with E-state index >= 15 is 0 Å². The zero-order chi connectivity index (χ0) is 9.19. The first-order valence-corrected chi connectivity index (χ1v) is 4.38. The first kappa shape index (κ1) is 9.30. The van der Waals surface area contributed by atoms with Crippen LogP contribution in [0.4, 0.5) is 0 Å². The molecule has 68 valence electrons. The van der Waals surface area contributed by atoms with E-state index in [-0.39, 0.29) is 17.3 Å². The third-order valence-electron chi connectivity index (χ3n) is 2.29. The number of allylic oxidation sites excluding steroid dienone is 1. The Labute approximate surface area is 73.6 Å². The summed E-state index contributed by atoms with van der Waals surface area (Å²) in [6.07, 6.45) is 5.04. The summed E-state index contributed by atoms with van der Waals surface area (Å²) in [7, 11) is 0. The summed E-state index contributed by atoms with van der Waals surface area (Å²) in [4.78, 5) is 11.0. The molecule has 1 heterocycles. The van der Waals surface area contributed by atoms with Crippen molar-refractivity contribution in [1.82, 2.24) is 0 Å². The van der Waals surface area contributed by atoms with Crippen molar-refractivity contribution in [3.05, 3.63) is 12.2 Å². The SMILES string of the molecule is C/C=C/C1(C)COC(=O)C(C)C1. The van der Waals surface area contributed by atoms with Crippen molar-refractivity contribution < 1.29 is 9.53 Å². The number of carbonyl (C=O) groups is 1. The molecule has 1 fully saturated rings. The van der Waals surface area contributed by atoms with E-state index in [0.29, 0.717) is 6.61 Å². The van der Waals surface area contributed by atoms with Gasteiger partial charge in [-0.25, -0.2) is 0 Å². The van der Waals surface area contributed by atoms with Crippen LogP contribution in [0.3, 0.4) is 0 Å². The van der Waals surface area contributed by atoms with Crippen molar-refractivity contribution in [1.29, 1.82) is 0 Å². The molecule has 2 unspecified atom stereocenters. The van der Waals surface area contributed by atoms with Gasteiger partial charge in [-0.2, -0.15) is 0 Å². The second-order valence-corrected chi connectivity index (χ2v) is 3.87. The quantitative estimate of drug-likeness (QED) is 0.443. The minimum Gasteiger partial charge on any atom is -0.465 e. The number of hydrogen-bond donors (Lipinski definition) is 0. The van der Waals surface area contributed by atoms with E-state index in [1.807, 2.05) is 19.9 Å². The van der Waals surface area contributed by atoms with Crippen molar-refractivity contribution in [3.63, 3.8) is 0 Å². The first-order valence-electron chi connectivity index (χ1n) is 4.38. The van der Waals surface area contributed by atoms with E-state index in [0.717, 1.165) is 6.42 Å². The fourth-order valence-electron chi connectivity index (χ4n) is 1.74. The van der Waals surface area contributed by atoms with Gasteiger partial charge < -0.3 is 4.74 Å².